The van der Waals surface area contributed by atoms with Crippen LogP contribution >= 0.6 is 0 Å². The van der Waals surface area contributed by atoms with Gasteiger partial charge in [-0.25, -0.2) is 0 Å². The lowest BCUT2D eigenvalue weighted by atomic mass is 9.96. The molecule has 0 aliphatic heterocycles. The fourth-order valence-electron chi connectivity index (χ4n) is 2.30. The average Bonchev–Trinajstić information content (AvgIpc) is 2.79. The van der Waals surface area contributed by atoms with Crippen molar-refractivity contribution in [1.82, 2.24) is 0 Å². The SMILES string of the molecule is Cc1cc(N)c2occc2c1-c1ccccc1. The molecule has 0 amide bonds. The number of anilines is 1. The van der Waals surface area contributed by atoms with Crippen molar-refractivity contribution in [1.29, 1.82) is 0 Å². The molecule has 0 aliphatic rings. The Morgan fingerprint density at radius 2 is 1.82 bits per heavy atom. The Morgan fingerprint density at radius 3 is 2.59 bits per heavy atom. The maximum atomic E-state index is 5.95. The summed E-state index contributed by atoms with van der Waals surface area (Å²) in [6, 6.07) is 14.2. The standard InChI is InChI=1S/C15H13NO/c1-10-9-13(16)15-12(7-8-17-15)14(10)11-5-3-2-4-6-11/h2-9H,16H2,1H3. The van der Waals surface area contributed by atoms with Gasteiger partial charge in [0.05, 0.1) is 12.0 Å². The van der Waals surface area contributed by atoms with Crippen molar-refractivity contribution in [3.8, 4) is 11.1 Å². The minimum absolute atomic E-state index is 0.696. The summed E-state index contributed by atoms with van der Waals surface area (Å²) >= 11 is 0. The van der Waals surface area contributed by atoms with E-state index in [1.807, 2.05) is 30.3 Å². The summed E-state index contributed by atoms with van der Waals surface area (Å²) in [5, 5.41) is 1.08. The summed E-state index contributed by atoms with van der Waals surface area (Å²) in [5.74, 6) is 0. The molecule has 0 saturated carbocycles. The first-order valence-electron chi connectivity index (χ1n) is 5.59. The van der Waals surface area contributed by atoms with Gasteiger partial charge in [-0.3, -0.25) is 0 Å². The van der Waals surface area contributed by atoms with E-state index in [-0.39, 0.29) is 0 Å². The minimum Gasteiger partial charge on any atom is -0.462 e. The van der Waals surface area contributed by atoms with Crippen LogP contribution in [0.15, 0.2) is 53.1 Å². The molecule has 0 bridgehead atoms. The highest BCUT2D eigenvalue weighted by atomic mass is 16.3. The van der Waals surface area contributed by atoms with Gasteiger partial charge < -0.3 is 10.2 Å². The van der Waals surface area contributed by atoms with E-state index in [2.05, 4.69) is 19.1 Å². The normalized spacial score (nSPS) is 10.9. The van der Waals surface area contributed by atoms with Crippen LogP contribution in [-0.4, -0.2) is 0 Å². The summed E-state index contributed by atoms with van der Waals surface area (Å²) in [6.45, 7) is 2.07. The number of benzene rings is 2. The first kappa shape index (κ1) is 9.97. The number of nitrogen functional groups attached to an aromatic ring is 1. The predicted octanol–water partition coefficient (Wildman–Crippen LogP) is 3.99. The first-order chi connectivity index (χ1) is 8.27. The molecule has 1 aromatic heterocycles. The lowest BCUT2D eigenvalue weighted by Gasteiger charge is -2.09. The quantitative estimate of drug-likeness (QED) is 0.633. The third kappa shape index (κ3) is 1.49. The second-order valence-electron chi connectivity index (χ2n) is 4.19. The Bertz CT molecular complexity index is 668. The van der Waals surface area contributed by atoms with Gasteiger partial charge in [0.15, 0.2) is 5.58 Å². The van der Waals surface area contributed by atoms with Crippen molar-refractivity contribution in [3.05, 3.63) is 54.3 Å². The number of hydrogen-bond donors (Lipinski definition) is 1. The molecule has 0 radical (unpaired) electrons. The van der Waals surface area contributed by atoms with E-state index < -0.39 is 0 Å². The molecule has 1 heterocycles. The highest BCUT2D eigenvalue weighted by molar-refractivity contribution is 6.01. The fourth-order valence-corrected chi connectivity index (χ4v) is 2.30. The molecule has 0 atom stereocenters. The van der Waals surface area contributed by atoms with E-state index in [0.717, 1.165) is 11.0 Å². The predicted molar refractivity (Wildman–Crippen MR) is 70.8 cm³/mol. The Morgan fingerprint density at radius 1 is 1.06 bits per heavy atom. The van der Waals surface area contributed by atoms with Gasteiger partial charge in [0.1, 0.15) is 0 Å². The highest BCUT2D eigenvalue weighted by Gasteiger charge is 2.11. The molecule has 3 rings (SSSR count). The number of nitrogens with two attached hydrogens (primary N) is 1. The van der Waals surface area contributed by atoms with Gasteiger partial charge in [0.25, 0.3) is 0 Å². The molecule has 2 heteroatoms. The fraction of sp³-hybridized carbons (Fsp3) is 0.0667. The van der Waals surface area contributed by atoms with Crippen molar-refractivity contribution < 1.29 is 4.42 Å². The number of rotatable bonds is 1. The van der Waals surface area contributed by atoms with E-state index in [9.17, 15) is 0 Å². The molecule has 0 aliphatic carbocycles. The summed E-state index contributed by atoms with van der Waals surface area (Å²) in [4.78, 5) is 0. The number of hydrogen-bond acceptors (Lipinski definition) is 2. The van der Waals surface area contributed by atoms with Gasteiger partial charge in [-0.05, 0) is 35.7 Å². The van der Waals surface area contributed by atoms with Crippen LogP contribution in [0.5, 0.6) is 0 Å². The molecule has 0 spiro atoms. The zero-order valence-corrected chi connectivity index (χ0v) is 9.60. The van der Waals surface area contributed by atoms with Crippen LogP contribution in [0.3, 0.4) is 0 Å². The molecular weight excluding hydrogens is 210 g/mol. The van der Waals surface area contributed by atoms with Gasteiger partial charge in [-0.2, -0.15) is 0 Å². The number of aryl methyl sites for hydroxylation is 1. The lowest BCUT2D eigenvalue weighted by molar-refractivity contribution is 0.617. The monoisotopic (exact) mass is 223 g/mol. The minimum atomic E-state index is 0.696. The molecule has 0 saturated heterocycles. The van der Waals surface area contributed by atoms with E-state index in [1.165, 1.54) is 16.7 Å². The zero-order valence-electron chi connectivity index (χ0n) is 9.60. The van der Waals surface area contributed by atoms with Crippen LogP contribution in [0.25, 0.3) is 22.1 Å². The average molecular weight is 223 g/mol. The van der Waals surface area contributed by atoms with Crippen LogP contribution in [0.1, 0.15) is 5.56 Å². The van der Waals surface area contributed by atoms with E-state index in [4.69, 9.17) is 10.2 Å². The van der Waals surface area contributed by atoms with E-state index >= 15 is 0 Å². The molecule has 2 N–H and O–H groups in total. The third-order valence-electron chi connectivity index (χ3n) is 3.03. The second kappa shape index (κ2) is 3.67. The topological polar surface area (TPSA) is 39.2 Å². The molecule has 17 heavy (non-hydrogen) atoms. The molecule has 84 valence electrons. The zero-order chi connectivity index (χ0) is 11.8. The van der Waals surface area contributed by atoms with Crippen molar-refractivity contribution in [2.75, 3.05) is 5.73 Å². The molecule has 2 nitrogen and oxygen atoms in total. The van der Waals surface area contributed by atoms with Crippen LogP contribution in [0.2, 0.25) is 0 Å². The van der Waals surface area contributed by atoms with Gasteiger partial charge in [0, 0.05) is 5.39 Å². The van der Waals surface area contributed by atoms with E-state index in [1.54, 1.807) is 6.26 Å². The molecular formula is C15H13NO. The van der Waals surface area contributed by atoms with Crippen molar-refractivity contribution in [3.63, 3.8) is 0 Å². The maximum Gasteiger partial charge on any atom is 0.157 e. The smallest absolute Gasteiger partial charge is 0.157 e. The highest BCUT2D eigenvalue weighted by Crippen LogP contribution is 2.35. The number of furan rings is 1. The summed E-state index contributed by atoms with van der Waals surface area (Å²) < 4.78 is 5.44. The Balaban J connectivity index is 2.40. The summed E-state index contributed by atoms with van der Waals surface area (Å²) in [7, 11) is 0. The largest absolute Gasteiger partial charge is 0.462 e. The van der Waals surface area contributed by atoms with Crippen molar-refractivity contribution in [2.24, 2.45) is 0 Å². The Labute approximate surface area is 99.7 Å². The van der Waals surface area contributed by atoms with Gasteiger partial charge >= 0.3 is 0 Å². The van der Waals surface area contributed by atoms with Crippen LogP contribution in [0, 0.1) is 6.92 Å². The molecule has 0 fully saturated rings. The van der Waals surface area contributed by atoms with Crippen LogP contribution in [0.4, 0.5) is 5.69 Å². The maximum absolute atomic E-state index is 5.95. The van der Waals surface area contributed by atoms with E-state index in [0.29, 0.717) is 5.69 Å². The molecule has 0 unspecified atom stereocenters. The van der Waals surface area contributed by atoms with Crippen molar-refractivity contribution in [2.45, 2.75) is 6.92 Å². The molecule has 2 aromatic carbocycles. The number of fused-ring (bicyclic) bond motifs is 1. The molecule has 3 aromatic rings. The van der Waals surface area contributed by atoms with Gasteiger partial charge in [0.2, 0.25) is 0 Å². The lowest BCUT2D eigenvalue weighted by Crippen LogP contribution is -1.90. The van der Waals surface area contributed by atoms with Crippen LogP contribution in [-0.2, 0) is 0 Å². The summed E-state index contributed by atoms with van der Waals surface area (Å²) in [5.41, 5.74) is 11.0. The van der Waals surface area contributed by atoms with Gasteiger partial charge in [-0.1, -0.05) is 30.3 Å². The Hall–Kier alpha value is -2.22. The second-order valence-corrected chi connectivity index (χ2v) is 4.19. The first-order valence-corrected chi connectivity index (χ1v) is 5.59. The Kier molecular flexibility index (Phi) is 2.15. The van der Waals surface area contributed by atoms with Gasteiger partial charge in [-0.15, -0.1) is 0 Å². The third-order valence-corrected chi connectivity index (χ3v) is 3.03. The van der Waals surface area contributed by atoms with Crippen molar-refractivity contribution >= 4 is 16.7 Å². The summed E-state index contributed by atoms with van der Waals surface area (Å²) in [6.07, 6.45) is 1.69. The van der Waals surface area contributed by atoms with Crippen LogP contribution < -0.4 is 5.73 Å².